The third-order valence-electron chi connectivity index (χ3n) is 5.52. The monoisotopic (exact) mass is 477 g/mol. The van der Waals surface area contributed by atoms with Crippen LogP contribution in [0.5, 0.6) is 0 Å². The number of morpholine rings is 1. The summed E-state index contributed by atoms with van der Waals surface area (Å²) in [5.41, 5.74) is 3.16. The highest BCUT2D eigenvalue weighted by atomic mass is 35.5. The van der Waals surface area contributed by atoms with Gasteiger partial charge in [-0.3, -0.25) is 9.89 Å². The van der Waals surface area contributed by atoms with E-state index in [1.165, 1.54) is 0 Å². The fourth-order valence-corrected chi connectivity index (χ4v) is 4.09. The second-order valence-corrected chi connectivity index (χ2v) is 8.92. The minimum absolute atomic E-state index is 0.0841. The van der Waals surface area contributed by atoms with E-state index in [0.717, 1.165) is 29.8 Å². The Morgan fingerprint density at radius 3 is 2.68 bits per heavy atom. The van der Waals surface area contributed by atoms with Crippen molar-refractivity contribution in [1.82, 2.24) is 20.5 Å². The maximum atomic E-state index is 12.8. The quantitative estimate of drug-likeness (QED) is 0.416. The SMILES string of the molecule is CC1CN(c2ncc(C(=O)NCCCc3cn[nH]c3)cc2C#Cc2ccc(Cl)cc2)CC(C)O1. The Morgan fingerprint density at radius 2 is 1.97 bits per heavy atom. The zero-order chi connectivity index (χ0) is 23.9. The fourth-order valence-electron chi connectivity index (χ4n) is 3.96. The average molecular weight is 478 g/mol. The normalized spacial score (nSPS) is 17.7. The van der Waals surface area contributed by atoms with Gasteiger partial charge in [-0.05, 0) is 62.6 Å². The molecule has 3 heterocycles. The number of amides is 1. The second-order valence-electron chi connectivity index (χ2n) is 8.48. The minimum atomic E-state index is -0.162. The van der Waals surface area contributed by atoms with E-state index < -0.39 is 0 Å². The molecule has 7 nitrogen and oxygen atoms in total. The van der Waals surface area contributed by atoms with E-state index in [1.807, 2.05) is 50.4 Å². The van der Waals surface area contributed by atoms with E-state index in [1.54, 1.807) is 12.4 Å². The molecule has 0 spiro atoms. The molecule has 2 aromatic heterocycles. The standard InChI is InChI=1S/C26H28ClN5O2/c1-18-16-32(17-19(2)34-18)25-22(8-5-20-6-9-24(27)10-7-20)12-23(15-29-25)26(33)28-11-3-4-21-13-30-31-14-21/h6-7,9-10,12-15,18-19H,3-4,11,16-17H2,1-2H3,(H,28,33)(H,30,31). The van der Waals surface area contributed by atoms with Gasteiger partial charge in [0.25, 0.3) is 5.91 Å². The zero-order valence-electron chi connectivity index (χ0n) is 19.3. The number of benzene rings is 1. The van der Waals surface area contributed by atoms with Crippen LogP contribution >= 0.6 is 11.6 Å². The van der Waals surface area contributed by atoms with Gasteiger partial charge in [0.1, 0.15) is 5.82 Å². The number of carbonyl (C=O) groups excluding carboxylic acids is 1. The van der Waals surface area contributed by atoms with Crippen LogP contribution in [0.4, 0.5) is 5.82 Å². The van der Waals surface area contributed by atoms with Crippen LogP contribution in [0.3, 0.4) is 0 Å². The number of nitrogens with one attached hydrogen (secondary N) is 2. The summed E-state index contributed by atoms with van der Waals surface area (Å²) >= 11 is 5.99. The summed E-state index contributed by atoms with van der Waals surface area (Å²) < 4.78 is 5.87. The van der Waals surface area contributed by atoms with Gasteiger partial charge in [0.15, 0.2) is 0 Å². The molecule has 2 atom stereocenters. The number of carbonyl (C=O) groups is 1. The molecule has 1 aliphatic rings. The summed E-state index contributed by atoms with van der Waals surface area (Å²) in [6.45, 7) is 6.09. The van der Waals surface area contributed by atoms with Gasteiger partial charge >= 0.3 is 0 Å². The molecule has 3 aromatic rings. The molecule has 176 valence electrons. The maximum Gasteiger partial charge on any atom is 0.252 e. The lowest BCUT2D eigenvalue weighted by Gasteiger charge is -2.36. The van der Waals surface area contributed by atoms with Gasteiger partial charge in [0.05, 0.1) is 29.5 Å². The van der Waals surface area contributed by atoms with Crippen molar-refractivity contribution in [2.24, 2.45) is 0 Å². The predicted molar refractivity (Wildman–Crippen MR) is 133 cm³/mol. The van der Waals surface area contributed by atoms with E-state index in [2.05, 4.69) is 37.2 Å². The number of hydrogen-bond acceptors (Lipinski definition) is 5. The smallest absolute Gasteiger partial charge is 0.252 e. The first-order chi connectivity index (χ1) is 16.5. The molecule has 34 heavy (non-hydrogen) atoms. The van der Waals surface area contributed by atoms with E-state index >= 15 is 0 Å². The molecular formula is C26H28ClN5O2. The molecule has 8 heteroatoms. The highest BCUT2D eigenvalue weighted by Crippen LogP contribution is 2.23. The molecule has 2 unspecified atom stereocenters. The molecule has 1 fully saturated rings. The largest absolute Gasteiger partial charge is 0.372 e. The lowest BCUT2D eigenvalue weighted by Crippen LogP contribution is -2.46. The number of nitrogens with zero attached hydrogens (tertiary/aromatic N) is 3. The van der Waals surface area contributed by atoms with Crippen molar-refractivity contribution in [3.63, 3.8) is 0 Å². The molecule has 1 aliphatic heterocycles. The third kappa shape index (κ3) is 6.37. The first-order valence-electron chi connectivity index (χ1n) is 11.4. The van der Waals surface area contributed by atoms with Crippen LogP contribution < -0.4 is 10.2 Å². The Labute approximate surface area is 204 Å². The van der Waals surface area contributed by atoms with Crippen molar-refractivity contribution in [3.05, 3.63) is 76.2 Å². The predicted octanol–water partition coefficient (Wildman–Crippen LogP) is 3.83. The van der Waals surface area contributed by atoms with Gasteiger partial charge in [-0.25, -0.2) is 4.98 Å². The first kappa shape index (κ1) is 23.8. The van der Waals surface area contributed by atoms with Gasteiger partial charge in [0.2, 0.25) is 0 Å². The number of aryl methyl sites for hydroxylation is 1. The molecule has 4 rings (SSSR count). The average Bonchev–Trinajstić information content (AvgIpc) is 3.34. The number of ether oxygens (including phenoxy) is 1. The van der Waals surface area contributed by atoms with Crippen molar-refractivity contribution >= 4 is 23.3 Å². The number of aromatic amines is 1. The van der Waals surface area contributed by atoms with Gasteiger partial charge in [0, 0.05) is 42.6 Å². The van der Waals surface area contributed by atoms with Crippen LogP contribution in [0.15, 0.2) is 48.9 Å². The Hall–Kier alpha value is -3.34. The maximum absolute atomic E-state index is 12.8. The van der Waals surface area contributed by atoms with Crippen LogP contribution in [0.2, 0.25) is 5.02 Å². The minimum Gasteiger partial charge on any atom is -0.372 e. The van der Waals surface area contributed by atoms with Crippen molar-refractivity contribution < 1.29 is 9.53 Å². The Kier molecular flexibility index (Phi) is 7.84. The van der Waals surface area contributed by atoms with E-state index in [-0.39, 0.29) is 18.1 Å². The Morgan fingerprint density at radius 1 is 1.21 bits per heavy atom. The van der Waals surface area contributed by atoms with Crippen LogP contribution in [-0.2, 0) is 11.2 Å². The number of H-pyrrole nitrogens is 1. The number of hydrogen-bond donors (Lipinski definition) is 2. The lowest BCUT2D eigenvalue weighted by atomic mass is 10.1. The number of pyridine rings is 1. The van der Waals surface area contributed by atoms with Crippen LogP contribution in [0.1, 0.15) is 47.3 Å². The molecule has 0 bridgehead atoms. The molecule has 0 saturated carbocycles. The zero-order valence-corrected chi connectivity index (χ0v) is 20.1. The fraction of sp³-hybridized carbons (Fsp3) is 0.346. The van der Waals surface area contributed by atoms with Gasteiger partial charge in [-0.15, -0.1) is 0 Å². The molecular weight excluding hydrogens is 450 g/mol. The van der Waals surface area contributed by atoms with Crippen molar-refractivity contribution in [2.75, 3.05) is 24.5 Å². The van der Waals surface area contributed by atoms with E-state index in [4.69, 9.17) is 16.3 Å². The molecule has 2 N–H and O–H groups in total. The highest BCUT2D eigenvalue weighted by Gasteiger charge is 2.25. The molecule has 0 aliphatic carbocycles. The van der Waals surface area contributed by atoms with Crippen LogP contribution in [0, 0.1) is 11.8 Å². The van der Waals surface area contributed by atoms with Gasteiger partial charge in [-0.1, -0.05) is 23.4 Å². The Bertz CT molecular complexity index is 1160. The van der Waals surface area contributed by atoms with Gasteiger partial charge in [-0.2, -0.15) is 5.10 Å². The lowest BCUT2D eigenvalue weighted by molar-refractivity contribution is -0.00547. The summed E-state index contributed by atoms with van der Waals surface area (Å²) in [4.78, 5) is 19.6. The van der Waals surface area contributed by atoms with Crippen molar-refractivity contribution in [2.45, 2.75) is 38.9 Å². The topological polar surface area (TPSA) is 83.1 Å². The summed E-state index contributed by atoms with van der Waals surface area (Å²) in [5.74, 6) is 7.01. The summed E-state index contributed by atoms with van der Waals surface area (Å²) in [6.07, 6.45) is 7.12. The third-order valence-corrected chi connectivity index (χ3v) is 5.77. The summed E-state index contributed by atoms with van der Waals surface area (Å²) in [7, 11) is 0. The second kappa shape index (κ2) is 11.2. The number of halogens is 1. The Balaban J connectivity index is 1.53. The first-order valence-corrected chi connectivity index (χ1v) is 11.8. The van der Waals surface area contributed by atoms with Gasteiger partial charge < -0.3 is 15.0 Å². The number of aromatic nitrogens is 3. The van der Waals surface area contributed by atoms with Crippen LogP contribution in [0.25, 0.3) is 0 Å². The highest BCUT2D eigenvalue weighted by molar-refractivity contribution is 6.30. The molecule has 1 saturated heterocycles. The molecule has 1 amide bonds. The van der Waals surface area contributed by atoms with E-state index in [0.29, 0.717) is 35.8 Å². The summed E-state index contributed by atoms with van der Waals surface area (Å²) in [6, 6.07) is 9.18. The molecule has 0 radical (unpaired) electrons. The van der Waals surface area contributed by atoms with Crippen molar-refractivity contribution in [1.29, 1.82) is 0 Å². The van der Waals surface area contributed by atoms with Crippen LogP contribution in [-0.4, -0.2) is 52.9 Å². The van der Waals surface area contributed by atoms with Crippen molar-refractivity contribution in [3.8, 4) is 11.8 Å². The molecule has 1 aromatic carbocycles. The van der Waals surface area contributed by atoms with E-state index in [9.17, 15) is 4.79 Å². The summed E-state index contributed by atoms with van der Waals surface area (Å²) in [5, 5.41) is 10.4. The number of rotatable bonds is 6. The number of anilines is 1.